The maximum atomic E-state index is 12.0. The SMILES string of the molecule is COc1ccc(Br)c2c1C(=O)C(C(N)=O)C2. The molecular formula is C11H10BrNO3. The first kappa shape index (κ1) is 11.1. The molecule has 0 spiro atoms. The van der Waals surface area contributed by atoms with Crippen LogP contribution in [0.3, 0.4) is 0 Å². The fourth-order valence-corrected chi connectivity index (χ4v) is 2.43. The molecule has 0 bridgehead atoms. The molecule has 16 heavy (non-hydrogen) atoms. The van der Waals surface area contributed by atoms with Crippen LogP contribution in [-0.2, 0) is 11.2 Å². The molecule has 5 heteroatoms. The molecule has 0 aromatic heterocycles. The number of carbonyl (C=O) groups excluding carboxylic acids is 2. The Morgan fingerprint density at radius 1 is 1.56 bits per heavy atom. The van der Waals surface area contributed by atoms with Crippen molar-refractivity contribution in [3.63, 3.8) is 0 Å². The normalized spacial score (nSPS) is 18.4. The van der Waals surface area contributed by atoms with Crippen molar-refractivity contribution < 1.29 is 14.3 Å². The molecule has 2 rings (SSSR count). The van der Waals surface area contributed by atoms with Gasteiger partial charge in [-0.1, -0.05) is 15.9 Å². The molecule has 84 valence electrons. The number of rotatable bonds is 2. The van der Waals surface area contributed by atoms with Gasteiger partial charge in [0.25, 0.3) is 0 Å². The van der Waals surface area contributed by atoms with Crippen molar-refractivity contribution in [1.82, 2.24) is 0 Å². The summed E-state index contributed by atoms with van der Waals surface area (Å²) in [6.07, 6.45) is 0.348. The summed E-state index contributed by atoms with van der Waals surface area (Å²) in [6.45, 7) is 0. The first-order valence-corrected chi connectivity index (χ1v) is 5.54. The topological polar surface area (TPSA) is 69.4 Å². The van der Waals surface area contributed by atoms with Crippen LogP contribution < -0.4 is 10.5 Å². The summed E-state index contributed by atoms with van der Waals surface area (Å²) in [7, 11) is 1.49. The van der Waals surface area contributed by atoms with E-state index < -0.39 is 11.8 Å². The molecule has 1 aliphatic carbocycles. The largest absolute Gasteiger partial charge is 0.496 e. The van der Waals surface area contributed by atoms with E-state index in [4.69, 9.17) is 10.5 Å². The summed E-state index contributed by atoms with van der Waals surface area (Å²) in [4.78, 5) is 23.1. The fraction of sp³-hybridized carbons (Fsp3) is 0.273. The average molecular weight is 284 g/mol. The summed E-state index contributed by atoms with van der Waals surface area (Å²) >= 11 is 3.35. The standard InChI is InChI=1S/C11H10BrNO3/c1-16-8-3-2-7(12)5-4-6(11(13)15)10(14)9(5)8/h2-3,6H,4H2,1H3,(H2,13,15). The van der Waals surface area contributed by atoms with E-state index in [1.165, 1.54) is 7.11 Å². The van der Waals surface area contributed by atoms with Crippen LogP contribution >= 0.6 is 15.9 Å². The molecule has 0 fully saturated rings. The lowest BCUT2D eigenvalue weighted by molar-refractivity contribution is -0.120. The summed E-state index contributed by atoms with van der Waals surface area (Å²) in [5.41, 5.74) is 6.47. The van der Waals surface area contributed by atoms with Gasteiger partial charge in [-0.25, -0.2) is 0 Å². The second kappa shape index (κ2) is 3.90. The van der Waals surface area contributed by atoms with Gasteiger partial charge in [0.15, 0.2) is 5.78 Å². The number of benzene rings is 1. The van der Waals surface area contributed by atoms with Gasteiger partial charge in [-0.3, -0.25) is 9.59 Å². The van der Waals surface area contributed by atoms with Crippen LogP contribution in [0.2, 0.25) is 0 Å². The number of carbonyl (C=O) groups is 2. The van der Waals surface area contributed by atoms with Gasteiger partial charge in [0.2, 0.25) is 5.91 Å². The molecule has 1 unspecified atom stereocenters. The van der Waals surface area contributed by atoms with Crippen LogP contribution in [0.4, 0.5) is 0 Å². The molecule has 1 aromatic carbocycles. The van der Waals surface area contributed by atoms with Crippen molar-refractivity contribution in [3.05, 3.63) is 27.7 Å². The van der Waals surface area contributed by atoms with Crippen molar-refractivity contribution in [1.29, 1.82) is 0 Å². The lowest BCUT2D eigenvalue weighted by Crippen LogP contribution is -2.27. The molecule has 4 nitrogen and oxygen atoms in total. The maximum absolute atomic E-state index is 12.0. The molecule has 2 N–H and O–H groups in total. The van der Waals surface area contributed by atoms with Crippen LogP contribution in [0.15, 0.2) is 16.6 Å². The van der Waals surface area contributed by atoms with Crippen LogP contribution in [-0.4, -0.2) is 18.8 Å². The number of nitrogens with two attached hydrogens (primary N) is 1. The Balaban J connectivity index is 2.58. The summed E-state index contributed by atoms with van der Waals surface area (Å²) in [5, 5.41) is 0. The minimum atomic E-state index is -0.761. The van der Waals surface area contributed by atoms with Crippen molar-refractivity contribution >= 4 is 27.6 Å². The maximum Gasteiger partial charge on any atom is 0.228 e. The first-order chi connectivity index (χ1) is 7.56. The van der Waals surface area contributed by atoms with Gasteiger partial charge >= 0.3 is 0 Å². The molecule has 0 radical (unpaired) electrons. The van der Waals surface area contributed by atoms with Gasteiger partial charge in [-0.2, -0.15) is 0 Å². The van der Waals surface area contributed by atoms with E-state index in [0.717, 1.165) is 10.0 Å². The predicted octanol–water partition coefficient (Wildman–Crippen LogP) is 1.30. The molecule has 1 amide bonds. The Kier molecular flexibility index (Phi) is 2.71. The zero-order valence-corrected chi connectivity index (χ0v) is 10.2. The van der Waals surface area contributed by atoms with Gasteiger partial charge < -0.3 is 10.5 Å². The highest BCUT2D eigenvalue weighted by Gasteiger charge is 2.37. The predicted molar refractivity (Wildman–Crippen MR) is 61.4 cm³/mol. The second-order valence-corrected chi connectivity index (χ2v) is 4.48. The molecule has 0 aliphatic heterocycles. The molecular weight excluding hydrogens is 274 g/mol. The first-order valence-electron chi connectivity index (χ1n) is 4.75. The lowest BCUT2D eigenvalue weighted by Gasteiger charge is -2.06. The number of halogens is 1. The van der Waals surface area contributed by atoms with Crippen LogP contribution in [0.1, 0.15) is 15.9 Å². The third-order valence-electron chi connectivity index (χ3n) is 2.75. The van der Waals surface area contributed by atoms with Gasteiger partial charge in [0.05, 0.1) is 12.7 Å². The number of ether oxygens (including phenoxy) is 1. The average Bonchev–Trinajstić information content (AvgIpc) is 2.59. The number of fused-ring (bicyclic) bond motifs is 1. The van der Waals surface area contributed by atoms with Gasteiger partial charge in [-0.05, 0) is 24.1 Å². The quantitative estimate of drug-likeness (QED) is 0.832. The van der Waals surface area contributed by atoms with Crippen LogP contribution in [0, 0.1) is 5.92 Å². The van der Waals surface area contributed by atoms with Crippen LogP contribution in [0.5, 0.6) is 5.75 Å². The monoisotopic (exact) mass is 283 g/mol. The van der Waals surface area contributed by atoms with E-state index in [0.29, 0.717) is 17.7 Å². The van der Waals surface area contributed by atoms with E-state index in [1.807, 2.05) is 0 Å². The van der Waals surface area contributed by atoms with E-state index in [-0.39, 0.29) is 5.78 Å². The Morgan fingerprint density at radius 3 is 2.81 bits per heavy atom. The zero-order chi connectivity index (χ0) is 11.9. The molecule has 1 aromatic rings. The van der Waals surface area contributed by atoms with E-state index in [1.54, 1.807) is 12.1 Å². The Morgan fingerprint density at radius 2 is 2.25 bits per heavy atom. The summed E-state index contributed by atoms with van der Waals surface area (Å²) in [6, 6.07) is 3.50. The Hall–Kier alpha value is -1.36. The number of primary amides is 1. The number of methoxy groups -OCH3 is 1. The number of Topliss-reactive ketones (excluding diaryl/α,β-unsaturated/α-hetero) is 1. The lowest BCUT2D eigenvalue weighted by atomic mass is 10.1. The van der Waals surface area contributed by atoms with Gasteiger partial charge in [-0.15, -0.1) is 0 Å². The minimum Gasteiger partial charge on any atom is -0.496 e. The zero-order valence-electron chi connectivity index (χ0n) is 8.62. The molecule has 1 atom stereocenters. The van der Waals surface area contributed by atoms with Crippen LogP contribution in [0.25, 0.3) is 0 Å². The highest BCUT2D eigenvalue weighted by atomic mass is 79.9. The number of ketones is 1. The fourth-order valence-electron chi connectivity index (χ4n) is 1.94. The van der Waals surface area contributed by atoms with Gasteiger partial charge in [0.1, 0.15) is 11.7 Å². The summed E-state index contributed by atoms with van der Waals surface area (Å²) < 4.78 is 5.92. The van der Waals surface area contributed by atoms with E-state index >= 15 is 0 Å². The highest BCUT2D eigenvalue weighted by Crippen LogP contribution is 2.38. The summed E-state index contributed by atoms with van der Waals surface area (Å²) in [5.74, 6) is -1.11. The molecule has 1 aliphatic rings. The van der Waals surface area contributed by atoms with Crippen molar-refractivity contribution in [2.24, 2.45) is 11.7 Å². The highest BCUT2D eigenvalue weighted by molar-refractivity contribution is 9.10. The third kappa shape index (κ3) is 1.51. The second-order valence-electron chi connectivity index (χ2n) is 3.63. The smallest absolute Gasteiger partial charge is 0.228 e. The Labute approximate surface area is 101 Å². The van der Waals surface area contributed by atoms with Gasteiger partial charge in [0, 0.05) is 4.47 Å². The van der Waals surface area contributed by atoms with Crippen molar-refractivity contribution in [2.45, 2.75) is 6.42 Å². The number of hydrogen-bond acceptors (Lipinski definition) is 3. The van der Waals surface area contributed by atoms with E-state index in [9.17, 15) is 9.59 Å². The van der Waals surface area contributed by atoms with Crippen molar-refractivity contribution in [2.75, 3.05) is 7.11 Å². The minimum absolute atomic E-state index is 0.249. The molecule has 0 saturated heterocycles. The third-order valence-corrected chi connectivity index (χ3v) is 3.49. The van der Waals surface area contributed by atoms with E-state index in [2.05, 4.69) is 15.9 Å². The molecule has 0 saturated carbocycles. The Bertz CT molecular complexity index is 484. The molecule has 0 heterocycles. The number of amides is 1. The van der Waals surface area contributed by atoms with Crippen molar-refractivity contribution in [3.8, 4) is 5.75 Å². The number of hydrogen-bond donors (Lipinski definition) is 1.